The van der Waals surface area contributed by atoms with E-state index in [-0.39, 0.29) is 12.2 Å². The number of esters is 1. The second kappa shape index (κ2) is 11.6. The van der Waals surface area contributed by atoms with E-state index in [0.717, 1.165) is 43.6 Å². The van der Waals surface area contributed by atoms with Crippen molar-refractivity contribution in [1.82, 2.24) is 4.90 Å². The van der Waals surface area contributed by atoms with Crippen molar-refractivity contribution in [2.24, 2.45) is 0 Å². The SMILES string of the molecule is CCC(OC(=O)CCCc1ccccc1Nc1c(Cl)cccc1Cl)N1CCCCC1. The van der Waals surface area contributed by atoms with Crippen molar-refractivity contribution in [2.45, 2.75) is 58.1 Å². The minimum atomic E-state index is -0.119. The van der Waals surface area contributed by atoms with Gasteiger partial charge in [0.2, 0.25) is 0 Å². The standard InChI is InChI=1S/C24H30Cl2N2O2/c1-2-22(28-16-6-3-7-17-28)30-23(29)15-8-11-18-10-4-5-14-21(18)27-24-19(25)12-9-13-20(24)26/h4-5,9-10,12-14,22,27H,2-3,6-8,11,15-17H2,1H3. The molecule has 1 aliphatic rings. The Balaban J connectivity index is 1.54. The van der Waals surface area contributed by atoms with Crippen LogP contribution in [0.4, 0.5) is 11.4 Å². The molecule has 1 aliphatic heterocycles. The number of piperidine rings is 1. The van der Waals surface area contributed by atoms with Crippen LogP contribution in [0.1, 0.15) is 51.0 Å². The number of nitrogens with zero attached hydrogens (tertiary/aromatic N) is 1. The van der Waals surface area contributed by atoms with E-state index in [1.165, 1.54) is 19.3 Å². The fraction of sp³-hybridized carbons (Fsp3) is 0.458. The first kappa shape index (κ1) is 22.9. The van der Waals surface area contributed by atoms with Crippen LogP contribution in [0.3, 0.4) is 0 Å². The molecule has 0 radical (unpaired) electrons. The Morgan fingerprint density at radius 1 is 1.07 bits per heavy atom. The van der Waals surface area contributed by atoms with Crippen LogP contribution in [-0.4, -0.2) is 30.2 Å². The van der Waals surface area contributed by atoms with Gasteiger partial charge in [-0.05, 0) is 55.9 Å². The van der Waals surface area contributed by atoms with Crippen molar-refractivity contribution in [3.8, 4) is 0 Å². The Morgan fingerprint density at radius 3 is 2.47 bits per heavy atom. The Hall–Kier alpha value is -1.75. The lowest BCUT2D eigenvalue weighted by Crippen LogP contribution is -2.41. The number of carbonyl (C=O) groups excluding carboxylic acids is 1. The number of carbonyl (C=O) groups is 1. The van der Waals surface area contributed by atoms with Gasteiger partial charge in [-0.2, -0.15) is 0 Å². The molecule has 3 rings (SSSR count). The van der Waals surface area contributed by atoms with Crippen molar-refractivity contribution in [3.63, 3.8) is 0 Å². The first-order valence-corrected chi connectivity index (χ1v) is 11.6. The van der Waals surface area contributed by atoms with Gasteiger partial charge in [-0.15, -0.1) is 0 Å². The van der Waals surface area contributed by atoms with Gasteiger partial charge < -0.3 is 10.1 Å². The third-order valence-electron chi connectivity index (χ3n) is 5.48. The highest BCUT2D eigenvalue weighted by Crippen LogP contribution is 2.33. The molecule has 1 N–H and O–H groups in total. The number of anilines is 2. The molecule has 1 atom stereocenters. The number of nitrogens with one attached hydrogen (secondary N) is 1. The minimum Gasteiger partial charge on any atom is -0.446 e. The number of likely N-dealkylation sites (tertiary alicyclic amines) is 1. The van der Waals surface area contributed by atoms with Crippen LogP contribution < -0.4 is 5.32 Å². The summed E-state index contributed by atoms with van der Waals surface area (Å²) in [6.07, 6.45) is 6.29. The molecule has 1 saturated heterocycles. The molecule has 4 nitrogen and oxygen atoms in total. The van der Waals surface area contributed by atoms with Crippen LogP contribution in [0.5, 0.6) is 0 Å². The van der Waals surface area contributed by atoms with Crippen LogP contribution in [0.25, 0.3) is 0 Å². The molecule has 0 bridgehead atoms. The lowest BCUT2D eigenvalue weighted by Gasteiger charge is -2.33. The number of rotatable bonds is 9. The van der Waals surface area contributed by atoms with E-state index in [2.05, 4.69) is 23.2 Å². The fourth-order valence-electron chi connectivity index (χ4n) is 3.87. The highest BCUT2D eigenvalue weighted by atomic mass is 35.5. The summed E-state index contributed by atoms with van der Waals surface area (Å²) >= 11 is 12.6. The summed E-state index contributed by atoms with van der Waals surface area (Å²) in [6.45, 7) is 4.12. The second-order valence-corrected chi connectivity index (χ2v) is 8.50. The maximum absolute atomic E-state index is 12.4. The van der Waals surface area contributed by atoms with Gasteiger partial charge in [0, 0.05) is 25.2 Å². The zero-order valence-corrected chi connectivity index (χ0v) is 19.0. The Labute approximate surface area is 189 Å². The van der Waals surface area contributed by atoms with E-state index in [1.807, 2.05) is 24.3 Å². The smallest absolute Gasteiger partial charge is 0.307 e. The summed E-state index contributed by atoms with van der Waals surface area (Å²) in [5, 5.41) is 4.49. The number of hydrogen-bond donors (Lipinski definition) is 1. The van der Waals surface area contributed by atoms with Gasteiger partial charge in [0.25, 0.3) is 0 Å². The lowest BCUT2D eigenvalue weighted by atomic mass is 10.1. The molecular weight excluding hydrogens is 419 g/mol. The summed E-state index contributed by atoms with van der Waals surface area (Å²) in [6, 6.07) is 13.5. The van der Waals surface area contributed by atoms with Crippen molar-refractivity contribution >= 4 is 40.5 Å². The number of halogens is 2. The predicted molar refractivity (Wildman–Crippen MR) is 125 cm³/mol. The molecule has 0 aromatic heterocycles. The van der Waals surface area contributed by atoms with Crippen molar-refractivity contribution in [3.05, 3.63) is 58.1 Å². The Morgan fingerprint density at radius 2 is 1.77 bits per heavy atom. The fourth-order valence-corrected chi connectivity index (χ4v) is 4.36. The van der Waals surface area contributed by atoms with E-state index in [0.29, 0.717) is 22.2 Å². The number of hydrogen-bond acceptors (Lipinski definition) is 4. The van der Waals surface area contributed by atoms with Gasteiger partial charge in [0.1, 0.15) is 0 Å². The molecule has 0 spiro atoms. The Kier molecular flexibility index (Phi) is 8.86. The van der Waals surface area contributed by atoms with Gasteiger partial charge in [-0.3, -0.25) is 9.69 Å². The molecule has 6 heteroatoms. The average molecular weight is 449 g/mol. The molecule has 0 saturated carbocycles. The zero-order valence-electron chi connectivity index (χ0n) is 17.5. The highest BCUT2D eigenvalue weighted by Gasteiger charge is 2.22. The molecule has 30 heavy (non-hydrogen) atoms. The molecule has 0 aliphatic carbocycles. The van der Waals surface area contributed by atoms with Crippen LogP contribution in [0.2, 0.25) is 10.0 Å². The minimum absolute atomic E-state index is 0.0888. The Bertz CT molecular complexity index is 817. The maximum atomic E-state index is 12.4. The van der Waals surface area contributed by atoms with Crippen molar-refractivity contribution < 1.29 is 9.53 Å². The molecule has 162 valence electrons. The normalized spacial score (nSPS) is 15.6. The van der Waals surface area contributed by atoms with Crippen molar-refractivity contribution in [1.29, 1.82) is 0 Å². The first-order chi connectivity index (χ1) is 14.6. The van der Waals surface area contributed by atoms with Gasteiger partial charge in [-0.1, -0.05) is 60.8 Å². The molecule has 2 aromatic carbocycles. The summed E-state index contributed by atoms with van der Waals surface area (Å²) in [5.74, 6) is -0.119. The third-order valence-corrected chi connectivity index (χ3v) is 6.11. The first-order valence-electron chi connectivity index (χ1n) is 10.8. The monoisotopic (exact) mass is 448 g/mol. The molecule has 0 amide bonds. The predicted octanol–water partition coefficient (Wildman–Crippen LogP) is 6.82. The summed E-state index contributed by atoms with van der Waals surface area (Å²) < 4.78 is 5.77. The van der Waals surface area contributed by atoms with Crippen molar-refractivity contribution in [2.75, 3.05) is 18.4 Å². The van der Waals surface area contributed by atoms with E-state index in [9.17, 15) is 4.79 Å². The van der Waals surface area contributed by atoms with E-state index < -0.39 is 0 Å². The van der Waals surface area contributed by atoms with Crippen LogP contribution >= 0.6 is 23.2 Å². The number of benzene rings is 2. The largest absolute Gasteiger partial charge is 0.446 e. The molecule has 1 fully saturated rings. The molecule has 1 heterocycles. The summed E-state index contributed by atoms with van der Waals surface area (Å²) in [7, 11) is 0. The maximum Gasteiger partial charge on any atom is 0.307 e. The topological polar surface area (TPSA) is 41.6 Å². The van der Waals surface area contributed by atoms with E-state index in [4.69, 9.17) is 27.9 Å². The number of aryl methyl sites for hydroxylation is 1. The van der Waals surface area contributed by atoms with Gasteiger partial charge in [0.15, 0.2) is 6.23 Å². The third kappa shape index (κ3) is 6.37. The van der Waals surface area contributed by atoms with Gasteiger partial charge >= 0.3 is 5.97 Å². The average Bonchev–Trinajstić information content (AvgIpc) is 2.76. The molecular formula is C24H30Cl2N2O2. The van der Waals surface area contributed by atoms with Gasteiger partial charge in [-0.25, -0.2) is 0 Å². The van der Waals surface area contributed by atoms with Gasteiger partial charge in [0.05, 0.1) is 15.7 Å². The molecule has 2 aromatic rings. The van der Waals surface area contributed by atoms with E-state index in [1.54, 1.807) is 12.1 Å². The van der Waals surface area contributed by atoms with Crippen LogP contribution in [-0.2, 0) is 16.0 Å². The lowest BCUT2D eigenvalue weighted by molar-refractivity contribution is -0.160. The number of para-hydroxylation sites is 2. The zero-order chi connectivity index (χ0) is 21.3. The summed E-state index contributed by atoms with van der Waals surface area (Å²) in [5.41, 5.74) is 2.75. The van der Waals surface area contributed by atoms with Crippen LogP contribution in [0, 0.1) is 0 Å². The summed E-state index contributed by atoms with van der Waals surface area (Å²) in [4.78, 5) is 14.7. The van der Waals surface area contributed by atoms with Crippen LogP contribution in [0.15, 0.2) is 42.5 Å². The second-order valence-electron chi connectivity index (χ2n) is 7.68. The van der Waals surface area contributed by atoms with E-state index >= 15 is 0 Å². The number of ether oxygens (including phenoxy) is 1. The highest BCUT2D eigenvalue weighted by molar-refractivity contribution is 6.39. The molecule has 1 unspecified atom stereocenters. The quantitative estimate of drug-likeness (QED) is 0.427.